The summed E-state index contributed by atoms with van der Waals surface area (Å²) in [5.74, 6) is -1.15. The molecule has 0 saturated heterocycles. The van der Waals surface area contributed by atoms with Gasteiger partial charge in [0.15, 0.2) is 0 Å². The van der Waals surface area contributed by atoms with Crippen LogP contribution in [0.25, 0.3) is 0 Å². The Hall–Kier alpha value is -3.03. The minimum Gasteiger partial charge on any atom is -0.406 e. The molecule has 1 unspecified atom stereocenters. The van der Waals surface area contributed by atoms with E-state index in [1.165, 1.54) is 17.0 Å². The molecule has 2 amide bonds. The van der Waals surface area contributed by atoms with Crippen LogP contribution in [0.1, 0.15) is 29.8 Å². The first-order valence-electron chi connectivity index (χ1n) is 8.71. The van der Waals surface area contributed by atoms with E-state index in [2.05, 4.69) is 10.1 Å². The van der Waals surface area contributed by atoms with Crippen LogP contribution in [0.15, 0.2) is 48.5 Å². The minimum absolute atomic E-state index is 0.161. The zero-order valence-electron chi connectivity index (χ0n) is 15.3. The highest BCUT2D eigenvalue weighted by Gasteiger charge is 2.38. The first-order chi connectivity index (χ1) is 13.2. The Labute approximate surface area is 160 Å². The topological polar surface area (TPSA) is 58.6 Å². The second-order valence-electron chi connectivity index (χ2n) is 6.84. The maximum atomic E-state index is 12.8. The van der Waals surface area contributed by atoms with E-state index in [4.69, 9.17) is 0 Å². The van der Waals surface area contributed by atoms with Crippen molar-refractivity contribution >= 4 is 17.5 Å². The lowest BCUT2D eigenvalue weighted by Gasteiger charge is -2.30. The van der Waals surface area contributed by atoms with Crippen LogP contribution in [0.2, 0.25) is 0 Å². The average molecular weight is 392 g/mol. The van der Waals surface area contributed by atoms with Gasteiger partial charge in [-0.1, -0.05) is 32.0 Å². The van der Waals surface area contributed by atoms with E-state index in [0.29, 0.717) is 17.8 Å². The van der Waals surface area contributed by atoms with Gasteiger partial charge in [-0.05, 0) is 41.8 Å². The first-order valence-corrected chi connectivity index (χ1v) is 8.71. The highest BCUT2D eigenvalue weighted by molar-refractivity contribution is 6.03. The molecule has 0 aromatic heterocycles. The molecule has 148 valence electrons. The third-order valence-corrected chi connectivity index (χ3v) is 4.44. The van der Waals surface area contributed by atoms with Crippen LogP contribution in [0.3, 0.4) is 0 Å². The van der Waals surface area contributed by atoms with Gasteiger partial charge in [0, 0.05) is 17.8 Å². The number of rotatable bonds is 5. The van der Waals surface area contributed by atoms with Gasteiger partial charge >= 0.3 is 6.36 Å². The number of nitrogens with one attached hydrogen (secondary N) is 1. The van der Waals surface area contributed by atoms with Gasteiger partial charge in [0.25, 0.3) is 5.91 Å². The summed E-state index contributed by atoms with van der Waals surface area (Å²) >= 11 is 0. The number of ether oxygens (including phenoxy) is 1. The predicted octanol–water partition coefficient (Wildman–Crippen LogP) is 4.20. The van der Waals surface area contributed by atoms with Crippen LogP contribution >= 0.6 is 0 Å². The Morgan fingerprint density at radius 2 is 1.75 bits per heavy atom. The fourth-order valence-electron chi connectivity index (χ4n) is 3.26. The molecule has 2 aromatic rings. The molecular weight excluding hydrogens is 373 g/mol. The number of carbonyl (C=O) groups is 2. The molecule has 28 heavy (non-hydrogen) atoms. The van der Waals surface area contributed by atoms with Crippen molar-refractivity contribution in [1.29, 1.82) is 0 Å². The lowest BCUT2D eigenvalue weighted by Crippen LogP contribution is -2.47. The number of carbonyl (C=O) groups excluding carboxylic acids is 2. The van der Waals surface area contributed by atoms with Crippen molar-refractivity contribution < 1.29 is 27.5 Å². The summed E-state index contributed by atoms with van der Waals surface area (Å²) in [7, 11) is 0. The Balaban J connectivity index is 1.73. The number of fused-ring (bicyclic) bond motifs is 1. The third kappa shape index (κ3) is 4.27. The fraction of sp³-hybridized carbons (Fsp3) is 0.300. The van der Waals surface area contributed by atoms with E-state index in [1.807, 2.05) is 26.0 Å². The summed E-state index contributed by atoms with van der Waals surface area (Å²) in [6, 6.07) is 11.3. The molecule has 1 atom stereocenters. The molecule has 0 radical (unpaired) electrons. The second-order valence-corrected chi connectivity index (χ2v) is 6.84. The van der Waals surface area contributed by atoms with E-state index >= 15 is 0 Å². The summed E-state index contributed by atoms with van der Waals surface area (Å²) in [6.07, 6.45) is -4.78. The molecule has 1 N–H and O–H groups in total. The van der Waals surface area contributed by atoms with Gasteiger partial charge in [-0.25, -0.2) is 0 Å². The van der Waals surface area contributed by atoms with Crippen molar-refractivity contribution in [1.82, 2.24) is 4.90 Å². The van der Waals surface area contributed by atoms with Gasteiger partial charge in [-0.2, -0.15) is 0 Å². The minimum atomic E-state index is -4.78. The van der Waals surface area contributed by atoms with Gasteiger partial charge in [0.1, 0.15) is 11.8 Å². The smallest absolute Gasteiger partial charge is 0.406 e. The van der Waals surface area contributed by atoms with Gasteiger partial charge in [0.05, 0.1) is 0 Å². The maximum absolute atomic E-state index is 12.8. The Kier molecular flexibility index (Phi) is 5.31. The van der Waals surface area contributed by atoms with Crippen LogP contribution in [0, 0.1) is 5.92 Å². The molecule has 1 heterocycles. The number of halogens is 3. The van der Waals surface area contributed by atoms with Crippen LogP contribution in [-0.2, 0) is 11.3 Å². The molecule has 8 heteroatoms. The number of hydrogen-bond acceptors (Lipinski definition) is 3. The monoisotopic (exact) mass is 392 g/mol. The molecule has 0 bridgehead atoms. The molecule has 0 fully saturated rings. The lowest BCUT2D eigenvalue weighted by molar-refractivity contribution is -0.274. The molecule has 1 aliphatic heterocycles. The summed E-state index contributed by atoms with van der Waals surface area (Å²) in [4.78, 5) is 27.1. The quantitative estimate of drug-likeness (QED) is 0.830. The van der Waals surface area contributed by atoms with E-state index < -0.39 is 18.3 Å². The standard InChI is InChI=1S/C20H19F3N2O3/c1-12(2)17(25-11-13-5-3-4-6-16(13)19(25)27)18(26)24-14-7-9-15(10-8-14)28-20(21,22)23/h3-10,12,17H,11H2,1-2H3,(H,24,26). The van der Waals surface area contributed by atoms with E-state index in [0.717, 1.165) is 17.7 Å². The van der Waals surface area contributed by atoms with Gasteiger partial charge < -0.3 is 15.0 Å². The number of anilines is 1. The summed E-state index contributed by atoms with van der Waals surface area (Å²) in [6.45, 7) is 4.01. The number of alkyl halides is 3. The van der Waals surface area contributed by atoms with E-state index in [1.54, 1.807) is 12.1 Å². The zero-order valence-corrected chi connectivity index (χ0v) is 15.3. The van der Waals surface area contributed by atoms with Crippen molar-refractivity contribution in [3.8, 4) is 5.75 Å². The second kappa shape index (κ2) is 7.53. The molecule has 1 aliphatic rings. The number of hydrogen-bond donors (Lipinski definition) is 1. The zero-order chi connectivity index (χ0) is 20.5. The molecule has 0 saturated carbocycles. The van der Waals surface area contributed by atoms with Gasteiger partial charge in [-0.15, -0.1) is 13.2 Å². The van der Waals surface area contributed by atoms with Crippen molar-refractivity contribution in [2.75, 3.05) is 5.32 Å². The number of amides is 2. The largest absolute Gasteiger partial charge is 0.573 e. The van der Waals surface area contributed by atoms with Gasteiger partial charge in [-0.3, -0.25) is 9.59 Å². The highest BCUT2D eigenvalue weighted by atomic mass is 19.4. The maximum Gasteiger partial charge on any atom is 0.573 e. The molecule has 5 nitrogen and oxygen atoms in total. The van der Waals surface area contributed by atoms with E-state index in [-0.39, 0.29) is 17.6 Å². The molecule has 3 rings (SSSR count). The van der Waals surface area contributed by atoms with Crippen molar-refractivity contribution in [3.05, 3.63) is 59.7 Å². The molecular formula is C20H19F3N2O3. The fourth-order valence-corrected chi connectivity index (χ4v) is 3.26. The van der Waals surface area contributed by atoms with Crippen LogP contribution in [0.4, 0.5) is 18.9 Å². The molecule has 0 spiro atoms. The third-order valence-electron chi connectivity index (χ3n) is 4.44. The Bertz CT molecular complexity index is 879. The van der Waals surface area contributed by atoms with E-state index in [9.17, 15) is 22.8 Å². The summed E-state index contributed by atoms with van der Waals surface area (Å²) < 4.78 is 40.5. The molecule has 0 aliphatic carbocycles. The Morgan fingerprint density at radius 3 is 2.32 bits per heavy atom. The average Bonchev–Trinajstić information content (AvgIpc) is 2.92. The van der Waals surface area contributed by atoms with Crippen LogP contribution in [-0.4, -0.2) is 29.1 Å². The summed E-state index contributed by atoms with van der Waals surface area (Å²) in [5.41, 5.74) is 1.75. The highest BCUT2D eigenvalue weighted by Crippen LogP contribution is 2.28. The van der Waals surface area contributed by atoms with Crippen LogP contribution in [0.5, 0.6) is 5.75 Å². The Morgan fingerprint density at radius 1 is 1.11 bits per heavy atom. The summed E-state index contributed by atoms with van der Waals surface area (Å²) in [5, 5.41) is 2.67. The van der Waals surface area contributed by atoms with Gasteiger partial charge in [0.2, 0.25) is 5.91 Å². The van der Waals surface area contributed by atoms with Crippen LogP contribution < -0.4 is 10.1 Å². The van der Waals surface area contributed by atoms with Crippen molar-refractivity contribution in [2.24, 2.45) is 5.92 Å². The number of benzene rings is 2. The van der Waals surface area contributed by atoms with Crippen molar-refractivity contribution in [3.63, 3.8) is 0 Å². The lowest BCUT2D eigenvalue weighted by atomic mass is 10.0. The number of nitrogens with zero attached hydrogens (tertiary/aromatic N) is 1. The van der Waals surface area contributed by atoms with Crippen molar-refractivity contribution in [2.45, 2.75) is 32.8 Å². The first kappa shape index (κ1) is 19.7. The normalized spacial score (nSPS) is 14.8. The predicted molar refractivity (Wildman–Crippen MR) is 96.7 cm³/mol. The SMILES string of the molecule is CC(C)C(C(=O)Nc1ccc(OC(F)(F)F)cc1)N1Cc2ccccc2C1=O. The molecule has 2 aromatic carbocycles.